The number of carbonyl (C=O) groups excluding carboxylic acids is 1. The van der Waals surface area contributed by atoms with Crippen LogP contribution in [0.2, 0.25) is 0 Å². The molecule has 1 aromatic carbocycles. The van der Waals surface area contributed by atoms with E-state index in [4.69, 9.17) is 4.74 Å². The van der Waals surface area contributed by atoms with Gasteiger partial charge in [-0.2, -0.15) is 0 Å². The fourth-order valence-electron chi connectivity index (χ4n) is 1.25. The zero-order valence-corrected chi connectivity index (χ0v) is 8.75. The smallest absolute Gasteiger partial charge is 0.305 e. The van der Waals surface area contributed by atoms with Crippen molar-refractivity contribution in [3.05, 3.63) is 35.4 Å². The molecule has 0 saturated carbocycles. The van der Waals surface area contributed by atoms with Gasteiger partial charge in [0.1, 0.15) is 0 Å². The van der Waals surface area contributed by atoms with Gasteiger partial charge in [-0.1, -0.05) is 36.8 Å². The molecular weight excluding hydrogens is 176 g/mol. The van der Waals surface area contributed by atoms with Gasteiger partial charge in [0, 0.05) is 12.8 Å². The van der Waals surface area contributed by atoms with Crippen molar-refractivity contribution in [2.45, 2.75) is 26.7 Å². The highest BCUT2D eigenvalue weighted by Crippen LogP contribution is 2.04. The number of carbonyl (C=O) groups is 1. The van der Waals surface area contributed by atoms with E-state index in [2.05, 4.69) is 19.1 Å². The van der Waals surface area contributed by atoms with Crippen LogP contribution in [0.15, 0.2) is 24.3 Å². The monoisotopic (exact) mass is 192 g/mol. The second-order valence-corrected chi connectivity index (χ2v) is 3.31. The van der Waals surface area contributed by atoms with E-state index >= 15 is 0 Å². The van der Waals surface area contributed by atoms with Gasteiger partial charge >= 0.3 is 5.97 Å². The third-order valence-corrected chi connectivity index (χ3v) is 2.02. The van der Waals surface area contributed by atoms with Gasteiger partial charge in [0.2, 0.25) is 0 Å². The summed E-state index contributed by atoms with van der Waals surface area (Å²) in [4.78, 5) is 10.8. The molecule has 0 bridgehead atoms. The molecule has 0 radical (unpaired) electrons. The molecule has 0 atom stereocenters. The second kappa shape index (κ2) is 5.43. The molecule has 0 aromatic heterocycles. The molecule has 0 N–H and O–H groups in total. The summed E-state index contributed by atoms with van der Waals surface area (Å²) in [5, 5.41) is 0. The van der Waals surface area contributed by atoms with E-state index in [0.717, 1.165) is 6.42 Å². The Balaban J connectivity index is 2.35. The average molecular weight is 192 g/mol. The van der Waals surface area contributed by atoms with Gasteiger partial charge in [-0.15, -0.1) is 0 Å². The van der Waals surface area contributed by atoms with Crippen LogP contribution < -0.4 is 0 Å². The lowest BCUT2D eigenvalue weighted by molar-refractivity contribution is -0.143. The molecule has 0 aliphatic carbocycles. The van der Waals surface area contributed by atoms with Gasteiger partial charge in [0.05, 0.1) is 6.61 Å². The summed E-state index contributed by atoms with van der Waals surface area (Å²) in [6.45, 7) is 4.34. The van der Waals surface area contributed by atoms with Crippen molar-refractivity contribution in [3.63, 3.8) is 0 Å². The molecule has 1 aromatic rings. The Morgan fingerprint density at radius 2 is 2.21 bits per heavy atom. The lowest BCUT2D eigenvalue weighted by atomic mass is 10.1. The molecular formula is C12H16O2. The summed E-state index contributed by atoms with van der Waals surface area (Å²) >= 11 is 0. The van der Waals surface area contributed by atoms with Gasteiger partial charge in [-0.05, 0) is 12.5 Å². The van der Waals surface area contributed by atoms with Gasteiger partial charge in [0.15, 0.2) is 0 Å². The highest BCUT2D eigenvalue weighted by atomic mass is 16.5. The summed E-state index contributed by atoms with van der Waals surface area (Å²) in [7, 11) is 0. The van der Waals surface area contributed by atoms with Crippen molar-refractivity contribution >= 4 is 5.97 Å². The fraction of sp³-hybridized carbons (Fsp3) is 0.417. The first-order chi connectivity index (χ1) is 6.72. The van der Waals surface area contributed by atoms with Crippen LogP contribution in [0.3, 0.4) is 0 Å². The predicted molar refractivity (Wildman–Crippen MR) is 56.1 cm³/mol. The number of benzene rings is 1. The van der Waals surface area contributed by atoms with Crippen LogP contribution in [0, 0.1) is 6.92 Å². The molecule has 0 aliphatic heterocycles. The van der Waals surface area contributed by atoms with Crippen LogP contribution in [-0.2, 0) is 16.0 Å². The van der Waals surface area contributed by atoms with Gasteiger partial charge in [-0.25, -0.2) is 0 Å². The van der Waals surface area contributed by atoms with Crippen molar-refractivity contribution in [1.82, 2.24) is 0 Å². The van der Waals surface area contributed by atoms with Crippen LogP contribution >= 0.6 is 0 Å². The summed E-state index contributed by atoms with van der Waals surface area (Å²) in [6, 6.07) is 8.24. The first-order valence-electron chi connectivity index (χ1n) is 4.93. The fourth-order valence-corrected chi connectivity index (χ4v) is 1.25. The van der Waals surface area contributed by atoms with E-state index in [1.54, 1.807) is 6.92 Å². The normalized spacial score (nSPS) is 9.86. The van der Waals surface area contributed by atoms with Crippen molar-refractivity contribution in [2.75, 3.05) is 6.61 Å². The van der Waals surface area contributed by atoms with Crippen LogP contribution in [0.25, 0.3) is 0 Å². The third kappa shape index (κ3) is 3.60. The Kier molecular flexibility index (Phi) is 4.17. The molecule has 0 amide bonds. The second-order valence-electron chi connectivity index (χ2n) is 3.31. The van der Waals surface area contributed by atoms with E-state index in [1.165, 1.54) is 11.1 Å². The average Bonchev–Trinajstić information content (AvgIpc) is 2.17. The minimum Gasteiger partial charge on any atom is -0.465 e. The summed E-state index contributed by atoms with van der Waals surface area (Å²) in [5.41, 5.74) is 2.46. The maximum absolute atomic E-state index is 10.8. The largest absolute Gasteiger partial charge is 0.465 e. The molecule has 0 heterocycles. The number of esters is 1. The molecule has 2 nitrogen and oxygen atoms in total. The van der Waals surface area contributed by atoms with Crippen molar-refractivity contribution < 1.29 is 9.53 Å². The SMILES string of the molecule is CCC(=O)OCCc1cccc(C)c1. The van der Waals surface area contributed by atoms with E-state index in [1.807, 2.05) is 12.1 Å². The summed E-state index contributed by atoms with van der Waals surface area (Å²) in [6.07, 6.45) is 1.25. The maximum Gasteiger partial charge on any atom is 0.305 e. The highest BCUT2D eigenvalue weighted by Gasteiger charge is 1.98. The minimum absolute atomic E-state index is 0.127. The quantitative estimate of drug-likeness (QED) is 0.685. The first-order valence-corrected chi connectivity index (χ1v) is 4.93. The van der Waals surface area contributed by atoms with Crippen LogP contribution in [0.4, 0.5) is 0 Å². The molecule has 0 aliphatic rings. The zero-order valence-electron chi connectivity index (χ0n) is 8.75. The maximum atomic E-state index is 10.8. The van der Waals surface area contributed by atoms with E-state index in [-0.39, 0.29) is 5.97 Å². The van der Waals surface area contributed by atoms with Crippen LogP contribution in [0.5, 0.6) is 0 Å². The molecule has 2 heteroatoms. The molecule has 0 unspecified atom stereocenters. The molecule has 0 spiro atoms. The number of hydrogen-bond acceptors (Lipinski definition) is 2. The van der Waals surface area contributed by atoms with Gasteiger partial charge in [0.25, 0.3) is 0 Å². The topological polar surface area (TPSA) is 26.3 Å². The Labute approximate surface area is 84.9 Å². The molecule has 0 fully saturated rings. The third-order valence-electron chi connectivity index (χ3n) is 2.02. The lowest BCUT2D eigenvalue weighted by Gasteiger charge is -2.03. The predicted octanol–water partition coefficient (Wildman–Crippen LogP) is 2.49. The van der Waals surface area contributed by atoms with Gasteiger partial charge < -0.3 is 4.74 Å². The van der Waals surface area contributed by atoms with E-state index in [9.17, 15) is 4.79 Å². The van der Waals surface area contributed by atoms with E-state index < -0.39 is 0 Å². The number of ether oxygens (including phenoxy) is 1. The molecule has 76 valence electrons. The molecule has 14 heavy (non-hydrogen) atoms. The molecule has 1 rings (SSSR count). The van der Waals surface area contributed by atoms with Crippen LogP contribution in [-0.4, -0.2) is 12.6 Å². The summed E-state index contributed by atoms with van der Waals surface area (Å²) < 4.78 is 5.00. The Bertz CT molecular complexity index is 305. The first kappa shape index (κ1) is 10.8. The van der Waals surface area contributed by atoms with Gasteiger partial charge in [-0.3, -0.25) is 4.79 Å². The lowest BCUT2D eigenvalue weighted by Crippen LogP contribution is -2.05. The van der Waals surface area contributed by atoms with Crippen molar-refractivity contribution in [3.8, 4) is 0 Å². The molecule has 0 saturated heterocycles. The number of aryl methyl sites for hydroxylation is 1. The van der Waals surface area contributed by atoms with Crippen molar-refractivity contribution in [2.24, 2.45) is 0 Å². The standard InChI is InChI=1S/C12H16O2/c1-3-12(13)14-8-7-11-6-4-5-10(2)9-11/h4-6,9H,3,7-8H2,1-2H3. The summed E-state index contributed by atoms with van der Waals surface area (Å²) in [5.74, 6) is -0.127. The number of rotatable bonds is 4. The highest BCUT2D eigenvalue weighted by molar-refractivity contribution is 5.68. The Hall–Kier alpha value is -1.31. The minimum atomic E-state index is -0.127. The Morgan fingerprint density at radius 3 is 2.86 bits per heavy atom. The van der Waals surface area contributed by atoms with E-state index in [0.29, 0.717) is 13.0 Å². The zero-order chi connectivity index (χ0) is 10.4. The number of hydrogen-bond donors (Lipinski definition) is 0. The van der Waals surface area contributed by atoms with Crippen LogP contribution in [0.1, 0.15) is 24.5 Å². The Morgan fingerprint density at radius 1 is 1.43 bits per heavy atom. The van der Waals surface area contributed by atoms with Crippen molar-refractivity contribution in [1.29, 1.82) is 0 Å².